The molecule has 4 atom stereocenters. The first kappa shape index (κ1) is 29.0. The van der Waals surface area contributed by atoms with Crippen molar-refractivity contribution in [2.75, 3.05) is 0 Å². The quantitative estimate of drug-likeness (QED) is 0.421. The van der Waals surface area contributed by atoms with Gasteiger partial charge < -0.3 is 0 Å². The highest BCUT2D eigenvalue weighted by Crippen LogP contribution is 2.54. The van der Waals surface area contributed by atoms with E-state index in [0.29, 0.717) is 5.41 Å². The third-order valence-corrected chi connectivity index (χ3v) is 5.96. The molecule has 0 aliphatic heterocycles. The topological polar surface area (TPSA) is 0 Å². The molecular formula is C30H54. The van der Waals surface area contributed by atoms with Crippen LogP contribution >= 0.6 is 0 Å². The number of rotatable bonds is 2. The second-order valence-corrected chi connectivity index (χ2v) is 9.90. The summed E-state index contributed by atoms with van der Waals surface area (Å²) >= 11 is 0. The lowest BCUT2D eigenvalue weighted by Gasteiger charge is -2.26. The molecule has 0 heterocycles. The van der Waals surface area contributed by atoms with Crippen LogP contribution in [0.15, 0.2) is 48.6 Å². The summed E-state index contributed by atoms with van der Waals surface area (Å²) in [4.78, 5) is 0. The first-order valence-electron chi connectivity index (χ1n) is 13.1. The largest absolute Gasteiger partial charge is 0.0805 e. The van der Waals surface area contributed by atoms with E-state index in [9.17, 15) is 0 Å². The van der Waals surface area contributed by atoms with Crippen molar-refractivity contribution >= 4 is 0 Å². The lowest BCUT2D eigenvalue weighted by Crippen LogP contribution is -2.19. The Bertz CT molecular complexity index is 479. The SMILES string of the molecule is C1=CC2C3C=CC=CC3C(CC3CCCC3)C2C=C1.CC.CC.CC.CC(C)(C)C. The van der Waals surface area contributed by atoms with Gasteiger partial charge in [-0.05, 0) is 47.3 Å². The number of fused-ring (bicyclic) bond motifs is 3. The van der Waals surface area contributed by atoms with Crippen LogP contribution in [0.2, 0.25) is 0 Å². The van der Waals surface area contributed by atoms with Crippen molar-refractivity contribution in [3.8, 4) is 0 Å². The van der Waals surface area contributed by atoms with Gasteiger partial charge in [0.25, 0.3) is 0 Å². The molecule has 2 saturated carbocycles. The highest BCUT2D eigenvalue weighted by molar-refractivity contribution is 5.28. The van der Waals surface area contributed by atoms with Gasteiger partial charge in [-0.25, -0.2) is 0 Å². The minimum Gasteiger partial charge on any atom is -0.0805 e. The number of hydrogen-bond acceptors (Lipinski definition) is 0. The normalized spacial score (nSPS) is 30.3. The van der Waals surface area contributed by atoms with Crippen LogP contribution in [0.5, 0.6) is 0 Å². The molecule has 0 spiro atoms. The first-order valence-corrected chi connectivity index (χ1v) is 13.1. The maximum Gasteiger partial charge on any atom is -0.00956 e. The van der Waals surface area contributed by atoms with E-state index in [-0.39, 0.29) is 0 Å². The Hall–Kier alpha value is -1.04. The zero-order chi connectivity index (χ0) is 23.2. The molecule has 0 N–H and O–H groups in total. The van der Waals surface area contributed by atoms with Crippen molar-refractivity contribution in [1.29, 1.82) is 0 Å². The molecule has 0 nitrogen and oxygen atoms in total. The zero-order valence-electron chi connectivity index (χ0n) is 22.1. The standard InChI is InChI=1S/C19H24.C5H12.3C2H6/c1-2-8-14(7-1)13-19-17-11-5-3-9-15(17)16-10-4-6-12-18(16)19;1-5(2,3)4;3*1-2/h3-6,9-12,14-19H,1-2,7-8,13H2;1-4H3;3*1-2H3. The van der Waals surface area contributed by atoms with Crippen LogP contribution in [0, 0.1) is 40.9 Å². The monoisotopic (exact) mass is 414 g/mol. The number of hydrogen-bond donors (Lipinski definition) is 0. The van der Waals surface area contributed by atoms with Crippen LogP contribution in [0.25, 0.3) is 0 Å². The van der Waals surface area contributed by atoms with E-state index in [2.05, 4.69) is 76.3 Å². The predicted octanol–water partition coefficient (Wildman–Crippen LogP) is 10.0. The van der Waals surface area contributed by atoms with E-state index in [1.165, 1.54) is 32.1 Å². The molecule has 4 aliphatic rings. The molecule has 0 radical (unpaired) electrons. The van der Waals surface area contributed by atoms with Crippen molar-refractivity contribution in [3.63, 3.8) is 0 Å². The van der Waals surface area contributed by atoms with E-state index in [4.69, 9.17) is 0 Å². The Morgan fingerprint density at radius 1 is 0.567 bits per heavy atom. The lowest BCUT2D eigenvalue weighted by molar-refractivity contribution is 0.291. The fraction of sp³-hybridized carbons (Fsp3) is 0.733. The molecule has 0 aromatic heterocycles. The second-order valence-electron chi connectivity index (χ2n) is 9.90. The van der Waals surface area contributed by atoms with E-state index in [1.807, 2.05) is 41.5 Å². The molecular weight excluding hydrogens is 360 g/mol. The van der Waals surface area contributed by atoms with Crippen LogP contribution < -0.4 is 0 Å². The maximum atomic E-state index is 2.50. The Labute approximate surface area is 191 Å². The summed E-state index contributed by atoms with van der Waals surface area (Å²) in [5.41, 5.74) is 0.500. The third kappa shape index (κ3) is 9.40. The van der Waals surface area contributed by atoms with Crippen LogP contribution in [0.4, 0.5) is 0 Å². The molecule has 0 bridgehead atoms. The fourth-order valence-electron chi connectivity index (χ4n) is 5.11. The lowest BCUT2D eigenvalue weighted by atomic mass is 9.78. The molecule has 4 aliphatic carbocycles. The van der Waals surface area contributed by atoms with Crippen LogP contribution in [0.1, 0.15) is 101 Å². The molecule has 0 aromatic carbocycles. The Morgan fingerprint density at radius 3 is 1.20 bits per heavy atom. The smallest absolute Gasteiger partial charge is 0.00956 e. The molecule has 4 rings (SSSR count). The molecule has 174 valence electrons. The van der Waals surface area contributed by atoms with Crippen LogP contribution in [0.3, 0.4) is 0 Å². The molecule has 0 aromatic rings. The van der Waals surface area contributed by atoms with Crippen molar-refractivity contribution < 1.29 is 0 Å². The predicted molar refractivity (Wildman–Crippen MR) is 140 cm³/mol. The zero-order valence-corrected chi connectivity index (χ0v) is 22.1. The summed E-state index contributed by atoms with van der Waals surface area (Å²) in [6.07, 6.45) is 26.5. The third-order valence-electron chi connectivity index (χ3n) is 5.96. The van der Waals surface area contributed by atoms with Gasteiger partial charge in [-0.1, -0.05) is 144 Å². The van der Waals surface area contributed by atoms with Crippen molar-refractivity contribution in [1.82, 2.24) is 0 Å². The summed E-state index contributed by atoms with van der Waals surface area (Å²) in [5.74, 6) is 5.04. The van der Waals surface area contributed by atoms with Gasteiger partial charge in [0.2, 0.25) is 0 Å². The van der Waals surface area contributed by atoms with Crippen LogP contribution in [-0.2, 0) is 0 Å². The average molecular weight is 415 g/mol. The first-order chi connectivity index (χ1) is 14.4. The summed E-state index contributed by atoms with van der Waals surface area (Å²) in [6.45, 7) is 20.8. The van der Waals surface area contributed by atoms with E-state index in [0.717, 1.165) is 35.5 Å². The summed E-state index contributed by atoms with van der Waals surface area (Å²) < 4.78 is 0. The van der Waals surface area contributed by atoms with Gasteiger partial charge in [-0.15, -0.1) is 0 Å². The second kappa shape index (κ2) is 15.7. The van der Waals surface area contributed by atoms with Gasteiger partial charge in [0.1, 0.15) is 0 Å². The van der Waals surface area contributed by atoms with Crippen molar-refractivity contribution in [3.05, 3.63) is 48.6 Å². The fourth-order valence-corrected chi connectivity index (χ4v) is 5.11. The van der Waals surface area contributed by atoms with Gasteiger partial charge in [-0.3, -0.25) is 0 Å². The van der Waals surface area contributed by atoms with E-state index >= 15 is 0 Å². The average Bonchev–Trinajstić information content (AvgIpc) is 3.39. The summed E-state index contributed by atoms with van der Waals surface area (Å²) in [7, 11) is 0. The Morgan fingerprint density at radius 2 is 0.867 bits per heavy atom. The molecule has 0 heteroatoms. The maximum absolute atomic E-state index is 2.50. The molecule has 4 unspecified atom stereocenters. The minimum atomic E-state index is 0.500. The summed E-state index contributed by atoms with van der Waals surface area (Å²) in [6, 6.07) is 0. The van der Waals surface area contributed by atoms with Crippen molar-refractivity contribution in [2.24, 2.45) is 40.9 Å². The summed E-state index contributed by atoms with van der Waals surface area (Å²) in [5, 5.41) is 0. The van der Waals surface area contributed by atoms with Gasteiger partial charge >= 0.3 is 0 Å². The Balaban J connectivity index is 0.000000657. The Kier molecular flexibility index (Phi) is 15.2. The van der Waals surface area contributed by atoms with Gasteiger partial charge in [0, 0.05) is 0 Å². The molecule has 0 saturated heterocycles. The molecule has 0 amide bonds. The van der Waals surface area contributed by atoms with Gasteiger partial charge in [0.15, 0.2) is 0 Å². The van der Waals surface area contributed by atoms with Gasteiger partial charge in [0.05, 0.1) is 0 Å². The molecule has 30 heavy (non-hydrogen) atoms. The minimum absolute atomic E-state index is 0.500. The van der Waals surface area contributed by atoms with Gasteiger partial charge in [-0.2, -0.15) is 0 Å². The molecule has 2 fully saturated rings. The van der Waals surface area contributed by atoms with Crippen molar-refractivity contribution in [2.45, 2.75) is 101 Å². The highest BCUT2D eigenvalue weighted by atomic mass is 14.5. The van der Waals surface area contributed by atoms with E-state index < -0.39 is 0 Å². The highest BCUT2D eigenvalue weighted by Gasteiger charge is 2.47. The van der Waals surface area contributed by atoms with E-state index in [1.54, 1.807) is 0 Å². The number of allylic oxidation sites excluding steroid dienone is 8. The van der Waals surface area contributed by atoms with Crippen LogP contribution in [-0.4, -0.2) is 0 Å².